The van der Waals surface area contributed by atoms with E-state index in [-0.39, 0.29) is 0 Å². The Balaban J connectivity index is 4.48. The molecule has 0 radical (unpaired) electrons. The molecule has 1 heteroatoms. The lowest BCUT2D eigenvalue weighted by molar-refractivity contribution is 1.12. The summed E-state index contributed by atoms with van der Waals surface area (Å²) in [7, 11) is -1.07. The fourth-order valence-electron chi connectivity index (χ4n) is 2.09. The molecule has 0 aromatic rings. The highest BCUT2D eigenvalue weighted by molar-refractivity contribution is 6.80. The lowest BCUT2D eigenvalue weighted by Crippen LogP contribution is -2.32. The lowest BCUT2D eigenvalue weighted by Gasteiger charge is -2.30. The molecule has 0 unspecified atom stereocenters. The van der Waals surface area contributed by atoms with Crippen LogP contribution in [-0.4, -0.2) is 8.07 Å². The van der Waals surface area contributed by atoms with Gasteiger partial charge in [0.15, 0.2) is 0 Å². The molecule has 0 heterocycles. The van der Waals surface area contributed by atoms with E-state index < -0.39 is 8.07 Å². The van der Waals surface area contributed by atoms with Crippen molar-refractivity contribution in [3.8, 4) is 0 Å². The van der Waals surface area contributed by atoms with Crippen molar-refractivity contribution in [1.29, 1.82) is 0 Å². The summed E-state index contributed by atoms with van der Waals surface area (Å²) in [4.78, 5) is 0. The summed E-state index contributed by atoms with van der Waals surface area (Å²) < 4.78 is 0. The zero-order valence-electron chi connectivity index (χ0n) is 9.74. The molecule has 0 saturated heterocycles. The second-order valence-corrected chi connectivity index (χ2v) is 9.60. The Kier molecular flexibility index (Phi) is 5.31. The first kappa shape index (κ1) is 12.7. The predicted octanol–water partition coefficient (Wildman–Crippen LogP) is 4.63. The molecule has 0 atom stereocenters. The Labute approximate surface area is 84.8 Å². The smallest absolute Gasteiger partial charge is 0.0610 e. The molecule has 0 saturated carbocycles. The molecule has 0 aliphatic rings. The van der Waals surface area contributed by atoms with Gasteiger partial charge in [0.05, 0.1) is 8.07 Å². The Hall–Kier alpha value is -0.303. The van der Waals surface area contributed by atoms with Gasteiger partial charge in [0, 0.05) is 0 Å². The number of hydrogen-bond donors (Lipinski definition) is 0. The van der Waals surface area contributed by atoms with E-state index in [2.05, 4.69) is 40.9 Å². The first-order valence-electron chi connectivity index (χ1n) is 5.24. The van der Waals surface area contributed by atoms with Crippen molar-refractivity contribution in [1.82, 2.24) is 0 Å². The summed E-state index contributed by atoms with van der Waals surface area (Å²) in [5.74, 6) is 0. The number of allylic oxidation sites excluding steroid dienone is 2. The van der Waals surface area contributed by atoms with Gasteiger partial charge in [0.2, 0.25) is 0 Å². The van der Waals surface area contributed by atoms with Crippen LogP contribution >= 0.6 is 0 Å². The molecule has 0 rings (SSSR count). The molecular weight excluding hydrogens is 172 g/mol. The first-order valence-corrected chi connectivity index (χ1v) is 8.07. The van der Waals surface area contributed by atoms with Gasteiger partial charge >= 0.3 is 0 Å². The second kappa shape index (κ2) is 5.43. The maximum absolute atomic E-state index is 4.05. The highest BCUT2D eigenvalue weighted by Gasteiger charge is 2.28. The van der Waals surface area contributed by atoms with Crippen LogP contribution in [0.2, 0.25) is 24.2 Å². The van der Waals surface area contributed by atoms with Gasteiger partial charge in [-0.05, 0) is 25.9 Å². The Bertz CT molecular complexity index is 169. The summed E-state index contributed by atoms with van der Waals surface area (Å²) in [5.41, 5.74) is 2.72. The molecule has 0 aliphatic carbocycles. The molecule has 0 N–H and O–H groups in total. The highest BCUT2D eigenvalue weighted by atomic mass is 28.3. The van der Waals surface area contributed by atoms with Crippen LogP contribution in [0.25, 0.3) is 0 Å². The maximum atomic E-state index is 4.05. The molecule has 0 aromatic heterocycles. The standard InChI is InChI=1S/C12H24Si/c1-7-13(8-2,9-11(3)4)10-12(5)6/h3,5,7-10H2,1-2,4,6H3. The minimum absolute atomic E-state index is 1.07. The van der Waals surface area contributed by atoms with Gasteiger partial charge < -0.3 is 0 Å². The van der Waals surface area contributed by atoms with Gasteiger partial charge in [-0.3, -0.25) is 0 Å². The molecular formula is C12H24Si. The van der Waals surface area contributed by atoms with E-state index in [4.69, 9.17) is 0 Å². The minimum atomic E-state index is -1.07. The quantitative estimate of drug-likeness (QED) is 0.429. The molecule has 0 aliphatic heterocycles. The normalized spacial score (nSPS) is 11.4. The van der Waals surface area contributed by atoms with Crippen molar-refractivity contribution >= 4 is 8.07 Å². The van der Waals surface area contributed by atoms with Crippen molar-refractivity contribution in [3.05, 3.63) is 24.3 Å². The van der Waals surface area contributed by atoms with Crippen molar-refractivity contribution in [2.75, 3.05) is 0 Å². The van der Waals surface area contributed by atoms with E-state index >= 15 is 0 Å². The zero-order valence-corrected chi connectivity index (χ0v) is 10.7. The Morgan fingerprint density at radius 2 is 1.23 bits per heavy atom. The van der Waals surface area contributed by atoms with E-state index in [0.29, 0.717) is 0 Å². The third-order valence-electron chi connectivity index (χ3n) is 2.85. The summed E-state index contributed by atoms with van der Waals surface area (Å²) in [6, 6.07) is 5.30. The zero-order chi connectivity index (χ0) is 10.5. The van der Waals surface area contributed by atoms with Crippen LogP contribution in [0.15, 0.2) is 24.3 Å². The van der Waals surface area contributed by atoms with Crippen LogP contribution < -0.4 is 0 Å². The lowest BCUT2D eigenvalue weighted by atomic mass is 10.4. The third kappa shape index (κ3) is 4.46. The molecule has 0 aromatic carbocycles. The van der Waals surface area contributed by atoms with E-state index in [1.165, 1.54) is 35.3 Å². The number of rotatable bonds is 6. The summed E-state index contributed by atoms with van der Waals surface area (Å²) in [6.07, 6.45) is 0. The molecule has 0 bridgehead atoms. The van der Waals surface area contributed by atoms with Gasteiger partial charge in [-0.1, -0.05) is 37.1 Å². The van der Waals surface area contributed by atoms with Crippen LogP contribution in [0, 0.1) is 0 Å². The highest BCUT2D eigenvalue weighted by Crippen LogP contribution is 2.30. The van der Waals surface area contributed by atoms with Crippen LogP contribution in [0.1, 0.15) is 27.7 Å². The Morgan fingerprint density at radius 3 is 1.38 bits per heavy atom. The summed E-state index contributed by atoms with van der Waals surface area (Å²) in [5, 5.41) is 0. The molecule has 13 heavy (non-hydrogen) atoms. The SMILES string of the molecule is C=C(C)C[Si](CC)(CC)CC(=C)C. The van der Waals surface area contributed by atoms with Gasteiger partial charge in [-0.15, -0.1) is 13.2 Å². The van der Waals surface area contributed by atoms with Gasteiger partial charge in [-0.2, -0.15) is 0 Å². The molecule has 0 nitrogen and oxygen atoms in total. The largest absolute Gasteiger partial charge is 0.100 e. The van der Waals surface area contributed by atoms with Crippen molar-refractivity contribution in [3.63, 3.8) is 0 Å². The average Bonchev–Trinajstić information content (AvgIpc) is 2.01. The molecule has 0 spiro atoms. The molecule has 0 amide bonds. The van der Waals surface area contributed by atoms with Crippen molar-refractivity contribution in [2.24, 2.45) is 0 Å². The predicted molar refractivity (Wildman–Crippen MR) is 66.0 cm³/mol. The van der Waals surface area contributed by atoms with Crippen molar-refractivity contribution < 1.29 is 0 Å². The second-order valence-electron chi connectivity index (χ2n) is 4.47. The average molecular weight is 196 g/mol. The minimum Gasteiger partial charge on any atom is -0.100 e. The fraction of sp³-hybridized carbons (Fsp3) is 0.667. The molecule has 0 fully saturated rings. The number of hydrogen-bond acceptors (Lipinski definition) is 0. The van der Waals surface area contributed by atoms with E-state index in [1.807, 2.05) is 0 Å². The van der Waals surface area contributed by atoms with E-state index in [1.54, 1.807) is 0 Å². The van der Waals surface area contributed by atoms with Crippen LogP contribution in [0.4, 0.5) is 0 Å². The van der Waals surface area contributed by atoms with Crippen LogP contribution in [-0.2, 0) is 0 Å². The summed E-state index contributed by atoms with van der Waals surface area (Å²) >= 11 is 0. The van der Waals surface area contributed by atoms with Gasteiger partial charge in [0.25, 0.3) is 0 Å². The molecule has 76 valence electrons. The first-order chi connectivity index (χ1) is 5.95. The monoisotopic (exact) mass is 196 g/mol. The van der Waals surface area contributed by atoms with Gasteiger partial charge in [-0.25, -0.2) is 0 Å². The van der Waals surface area contributed by atoms with E-state index in [0.717, 1.165) is 0 Å². The van der Waals surface area contributed by atoms with Crippen molar-refractivity contribution in [2.45, 2.75) is 51.9 Å². The van der Waals surface area contributed by atoms with E-state index in [9.17, 15) is 0 Å². The Morgan fingerprint density at radius 1 is 0.923 bits per heavy atom. The summed E-state index contributed by atoms with van der Waals surface area (Å²) in [6.45, 7) is 17.1. The third-order valence-corrected chi connectivity index (χ3v) is 8.56. The van der Waals surface area contributed by atoms with Gasteiger partial charge in [0.1, 0.15) is 0 Å². The fourth-order valence-corrected chi connectivity index (χ4v) is 6.28. The van der Waals surface area contributed by atoms with Crippen LogP contribution in [0.5, 0.6) is 0 Å². The maximum Gasteiger partial charge on any atom is 0.0610 e. The topological polar surface area (TPSA) is 0 Å². The van der Waals surface area contributed by atoms with Crippen LogP contribution in [0.3, 0.4) is 0 Å².